The number of nitrogens with zero attached hydrogens (tertiary/aromatic N) is 5. The van der Waals surface area contributed by atoms with E-state index in [0.717, 1.165) is 33.4 Å². The molecule has 0 aliphatic carbocycles. The lowest BCUT2D eigenvalue weighted by Crippen LogP contribution is -2.05. The average molecular weight is 404 g/mol. The highest BCUT2D eigenvalue weighted by Gasteiger charge is 2.11. The molecule has 0 saturated carbocycles. The summed E-state index contributed by atoms with van der Waals surface area (Å²) in [5.74, 6) is 1.14. The molecule has 0 saturated heterocycles. The molecule has 1 atom stereocenters. The van der Waals surface area contributed by atoms with Crippen LogP contribution in [0.15, 0.2) is 49.1 Å². The van der Waals surface area contributed by atoms with Gasteiger partial charge in [-0.3, -0.25) is 9.67 Å². The summed E-state index contributed by atoms with van der Waals surface area (Å²) in [6.45, 7) is 1.77. The Morgan fingerprint density at radius 3 is 2.77 bits per heavy atom. The second-order valence-electron chi connectivity index (χ2n) is 7.22. The molecule has 1 aromatic carbocycles. The first-order valence-corrected chi connectivity index (χ1v) is 9.76. The van der Waals surface area contributed by atoms with E-state index in [4.69, 9.17) is 4.74 Å². The summed E-state index contributed by atoms with van der Waals surface area (Å²) in [6, 6.07) is 7.77. The van der Waals surface area contributed by atoms with E-state index in [2.05, 4.69) is 25.4 Å². The lowest BCUT2D eigenvalue weighted by Gasteiger charge is -2.12. The van der Waals surface area contributed by atoms with Crippen LogP contribution in [-0.4, -0.2) is 43.1 Å². The molecule has 0 aliphatic rings. The fourth-order valence-corrected chi connectivity index (χ4v) is 3.27. The van der Waals surface area contributed by atoms with Gasteiger partial charge in [0.25, 0.3) is 0 Å². The summed E-state index contributed by atoms with van der Waals surface area (Å²) in [4.78, 5) is 13.5. The van der Waals surface area contributed by atoms with Crippen molar-refractivity contribution in [3.63, 3.8) is 0 Å². The van der Waals surface area contributed by atoms with Gasteiger partial charge in [-0.2, -0.15) is 5.10 Å². The summed E-state index contributed by atoms with van der Waals surface area (Å²) in [5, 5.41) is 18.0. The Morgan fingerprint density at radius 1 is 1.17 bits per heavy atom. The molecular formula is C22H24N6O2. The van der Waals surface area contributed by atoms with Crippen LogP contribution < -0.4 is 10.1 Å². The molecule has 0 bridgehead atoms. The van der Waals surface area contributed by atoms with Gasteiger partial charge in [-0.25, -0.2) is 9.97 Å². The molecule has 3 aromatic heterocycles. The van der Waals surface area contributed by atoms with Gasteiger partial charge in [0.05, 0.1) is 36.3 Å². The fraction of sp³-hybridized carbons (Fsp3) is 0.273. The van der Waals surface area contributed by atoms with Crippen molar-refractivity contribution in [2.75, 3.05) is 12.4 Å². The number of hydrogen-bond donors (Lipinski definition) is 2. The Balaban J connectivity index is 1.64. The highest BCUT2D eigenvalue weighted by Crippen LogP contribution is 2.32. The molecule has 3 heterocycles. The smallest absolute Gasteiger partial charge is 0.227 e. The predicted molar refractivity (Wildman–Crippen MR) is 116 cm³/mol. The number of aryl methyl sites for hydroxylation is 2. The zero-order chi connectivity index (χ0) is 21.1. The Kier molecular flexibility index (Phi) is 5.58. The number of anilines is 2. The minimum absolute atomic E-state index is 0.385. The van der Waals surface area contributed by atoms with Crippen molar-refractivity contribution in [2.45, 2.75) is 25.9 Å². The van der Waals surface area contributed by atoms with Crippen molar-refractivity contribution in [3.05, 3.63) is 54.7 Å². The molecule has 0 amide bonds. The van der Waals surface area contributed by atoms with Crippen LogP contribution in [0.4, 0.5) is 11.6 Å². The Labute approximate surface area is 174 Å². The van der Waals surface area contributed by atoms with E-state index < -0.39 is 0 Å². The minimum atomic E-state index is -0.385. The number of methoxy groups -OCH3 is 1. The van der Waals surface area contributed by atoms with Gasteiger partial charge in [-0.1, -0.05) is 6.07 Å². The van der Waals surface area contributed by atoms with Gasteiger partial charge >= 0.3 is 0 Å². The molecular weight excluding hydrogens is 380 g/mol. The number of aromatic nitrogens is 5. The van der Waals surface area contributed by atoms with Crippen LogP contribution in [0.25, 0.3) is 22.0 Å². The Morgan fingerprint density at radius 2 is 2.03 bits per heavy atom. The van der Waals surface area contributed by atoms with Gasteiger partial charge < -0.3 is 15.2 Å². The van der Waals surface area contributed by atoms with Crippen LogP contribution in [0.2, 0.25) is 0 Å². The summed E-state index contributed by atoms with van der Waals surface area (Å²) < 4.78 is 7.34. The average Bonchev–Trinajstić information content (AvgIpc) is 3.18. The first kappa shape index (κ1) is 19.8. The number of nitrogens with one attached hydrogen (secondary N) is 1. The molecule has 0 fully saturated rings. The maximum atomic E-state index is 9.61. The van der Waals surface area contributed by atoms with E-state index in [1.165, 1.54) is 0 Å². The van der Waals surface area contributed by atoms with Gasteiger partial charge in [-0.15, -0.1) is 0 Å². The van der Waals surface area contributed by atoms with Crippen molar-refractivity contribution in [1.29, 1.82) is 0 Å². The summed E-state index contributed by atoms with van der Waals surface area (Å²) in [7, 11) is 3.52. The van der Waals surface area contributed by atoms with Crippen molar-refractivity contribution in [1.82, 2.24) is 24.7 Å². The molecule has 4 rings (SSSR count). The van der Waals surface area contributed by atoms with E-state index in [0.29, 0.717) is 24.5 Å². The topological polar surface area (TPSA) is 98.0 Å². The predicted octanol–water partition coefficient (Wildman–Crippen LogP) is 3.49. The zero-order valence-electron chi connectivity index (χ0n) is 17.2. The highest BCUT2D eigenvalue weighted by molar-refractivity contribution is 5.81. The maximum absolute atomic E-state index is 9.61. The second kappa shape index (κ2) is 8.46. The largest absolute Gasteiger partial charge is 0.495 e. The standard InChI is InChI=1S/C22H24N6O2/c1-14(29)4-6-19-21-16(8-9-23-19)11-24-22(27-21)26-18-7-5-15(10-20(18)30-3)17-12-25-28(2)13-17/h5,7-14,29H,4,6H2,1-3H3,(H,24,26,27). The normalized spacial score (nSPS) is 12.1. The Hall–Kier alpha value is -3.52. The van der Waals surface area contributed by atoms with Crippen LogP contribution in [-0.2, 0) is 13.5 Å². The first-order chi connectivity index (χ1) is 14.5. The van der Waals surface area contributed by atoms with Crippen molar-refractivity contribution >= 4 is 22.5 Å². The molecule has 30 heavy (non-hydrogen) atoms. The van der Waals surface area contributed by atoms with Gasteiger partial charge in [0.2, 0.25) is 5.95 Å². The number of aliphatic hydroxyl groups is 1. The molecule has 0 aliphatic heterocycles. The quantitative estimate of drug-likeness (QED) is 0.486. The number of pyridine rings is 1. The van der Waals surface area contributed by atoms with Gasteiger partial charge in [0, 0.05) is 36.6 Å². The highest BCUT2D eigenvalue weighted by atomic mass is 16.5. The van der Waals surface area contributed by atoms with E-state index in [9.17, 15) is 5.11 Å². The van der Waals surface area contributed by atoms with Crippen LogP contribution in [0.5, 0.6) is 5.75 Å². The second-order valence-corrected chi connectivity index (χ2v) is 7.22. The SMILES string of the molecule is COc1cc(-c2cnn(C)c2)ccc1Nc1ncc2ccnc(CCC(C)O)c2n1. The molecule has 0 spiro atoms. The van der Waals surface area contributed by atoms with E-state index >= 15 is 0 Å². The molecule has 1 unspecified atom stereocenters. The number of hydrogen-bond acceptors (Lipinski definition) is 7. The zero-order valence-corrected chi connectivity index (χ0v) is 17.2. The first-order valence-electron chi connectivity index (χ1n) is 9.76. The lowest BCUT2D eigenvalue weighted by atomic mass is 10.1. The number of aliphatic hydroxyl groups excluding tert-OH is 1. The molecule has 154 valence electrons. The number of ether oxygens (including phenoxy) is 1. The molecule has 4 aromatic rings. The Bertz CT molecular complexity index is 1170. The third-order valence-electron chi connectivity index (χ3n) is 4.86. The third-order valence-corrected chi connectivity index (χ3v) is 4.86. The molecule has 8 heteroatoms. The summed E-state index contributed by atoms with van der Waals surface area (Å²) in [6.07, 6.45) is 8.18. The third kappa shape index (κ3) is 4.23. The van der Waals surface area contributed by atoms with Crippen molar-refractivity contribution in [2.24, 2.45) is 7.05 Å². The van der Waals surface area contributed by atoms with E-state index in [-0.39, 0.29) is 6.10 Å². The van der Waals surface area contributed by atoms with E-state index in [1.807, 2.05) is 43.7 Å². The monoisotopic (exact) mass is 404 g/mol. The van der Waals surface area contributed by atoms with Crippen LogP contribution in [0.3, 0.4) is 0 Å². The number of benzene rings is 1. The van der Waals surface area contributed by atoms with E-state index in [1.54, 1.807) is 31.1 Å². The van der Waals surface area contributed by atoms with Crippen LogP contribution >= 0.6 is 0 Å². The number of fused-ring (bicyclic) bond motifs is 1. The van der Waals surface area contributed by atoms with Crippen molar-refractivity contribution in [3.8, 4) is 16.9 Å². The molecule has 2 N–H and O–H groups in total. The summed E-state index contributed by atoms with van der Waals surface area (Å²) >= 11 is 0. The fourth-order valence-electron chi connectivity index (χ4n) is 3.27. The van der Waals surface area contributed by atoms with Crippen LogP contribution in [0, 0.1) is 0 Å². The summed E-state index contributed by atoms with van der Waals surface area (Å²) in [5.41, 5.74) is 4.41. The molecule has 8 nitrogen and oxygen atoms in total. The molecule has 0 radical (unpaired) electrons. The minimum Gasteiger partial charge on any atom is -0.495 e. The maximum Gasteiger partial charge on any atom is 0.227 e. The van der Waals surface area contributed by atoms with Gasteiger partial charge in [0.15, 0.2) is 0 Å². The van der Waals surface area contributed by atoms with Crippen LogP contribution in [0.1, 0.15) is 19.0 Å². The van der Waals surface area contributed by atoms with Gasteiger partial charge in [-0.05, 0) is 43.5 Å². The number of rotatable bonds is 7. The lowest BCUT2D eigenvalue weighted by molar-refractivity contribution is 0.184. The van der Waals surface area contributed by atoms with Crippen molar-refractivity contribution < 1.29 is 9.84 Å². The van der Waals surface area contributed by atoms with Gasteiger partial charge in [0.1, 0.15) is 5.75 Å².